The molecule has 0 aliphatic carbocycles. The number of likely N-dealkylation sites (tertiary alicyclic amines) is 1. The molecule has 4 rings (SSSR count). The highest BCUT2D eigenvalue weighted by Gasteiger charge is 2.25. The molecule has 1 amide bonds. The molecular weight excluding hydrogens is 401 g/mol. The summed E-state index contributed by atoms with van der Waals surface area (Å²) in [6.45, 7) is 6.27. The Morgan fingerprint density at radius 1 is 1.27 bits per heavy atom. The van der Waals surface area contributed by atoms with Crippen LogP contribution in [0, 0.1) is 11.7 Å². The zero-order valence-electron chi connectivity index (χ0n) is 17.2. The molecule has 1 aliphatic rings. The number of amides is 1. The maximum atomic E-state index is 14.0. The molecule has 2 aromatic carbocycles. The highest BCUT2D eigenvalue weighted by molar-refractivity contribution is 6.30. The third kappa shape index (κ3) is 4.68. The lowest BCUT2D eigenvalue weighted by molar-refractivity contribution is 0.0680. The molecule has 3 aromatic rings. The summed E-state index contributed by atoms with van der Waals surface area (Å²) in [6.07, 6.45) is 2.24. The maximum absolute atomic E-state index is 14.0. The predicted molar refractivity (Wildman–Crippen MR) is 119 cm³/mol. The molecule has 30 heavy (non-hydrogen) atoms. The summed E-state index contributed by atoms with van der Waals surface area (Å²) in [5.41, 5.74) is 2.10. The number of benzene rings is 2. The molecule has 4 nitrogen and oxygen atoms in total. The van der Waals surface area contributed by atoms with Crippen LogP contribution in [0.2, 0.25) is 5.02 Å². The van der Waals surface area contributed by atoms with Crippen molar-refractivity contribution in [3.05, 3.63) is 70.6 Å². The van der Waals surface area contributed by atoms with Gasteiger partial charge in [0.05, 0.1) is 5.52 Å². The Balaban J connectivity index is 1.41. The van der Waals surface area contributed by atoms with Gasteiger partial charge in [-0.05, 0) is 62.1 Å². The van der Waals surface area contributed by atoms with Crippen molar-refractivity contribution in [1.29, 1.82) is 0 Å². The first-order valence-electron chi connectivity index (χ1n) is 10.6. The largest absolute Gasteiger partial charge is 0.348 e. The molecule has 0 saturated carbocycles. The van der Waals surface area contributed by atoms with E-state index in [2.05, 4.69) is 22.0 Å². The van der Waals surface area contributed by atoms with E-state index in [1.165, 1.54) is 11.6 Å². The van der Waals surface area contributed by atoms with Gasteiger partial charge in [-0.2, -0.15) is 0 Å². The summed E-state index contributed by atoms with van der Waals surface area (Å²) in [6, 6.07) is 14.6. The molecule has 1 fully saturated rings. The third-order valence-electron chi connectivity index (χ3n) is 5.91. The van der Waals surface area contributed by atoms with Crippen LogP contribution in [0.25, 0.3) is 10.9 Å². The van der Waals surface area contributed by atoms with Crippen LogP contribution in [0.5, 0.6) is 0 Å². The van der Waals surface area contributed by atoms with Gasteiger partial charge in [-0.15, -0.1) is 0 Å². The van der Waals surface area contributed by atoms with E-state index in [0.29, 0.717) is 30.2 Å². The Labute approximate surface area is 181 Å². The maximum Gasteiger partial charge on any atom is 0.270 e. The lowest BCUT2D eigenvalue weighted by atomic mass is 9.96. The highest BCUT2D eigenvalue weighted by atomic mass is 35.5. The second-order valence-electron chi connectivity index (χ2n) is 8.10. The normalized spacial score (nSPS) is 17.4. The second-order valence-corrected chi connectivity index (χ2v) is 8.54. The van der Waals surface area contributed by atoms with E-state index in [1.807, 2.05) is 30.0 Å². The van der Waals surface area contributed by atoms with Crippen molar-refractivity contribution >= 4 is 28.4 Å². The highest BCUT2D eigenvalue weighted by Crippen LogP contribution is 2.23. The number of nitrogens with zero attached hydrogens (tertiary/aromatic N) is 2. The van der Waals surface area contributed by atoms with Gasteiger partial charge in [-0.1, -0.05) is 35.9 Å². The molecule has 1 aliphatic heterocycles. The van der Waals surface area contributed by atoms with Gasteiger partial charge >= 0.3 is 0 Å². The van der Waals surface area contributed by atoms with E-state index in [-0.39, 0.29) is 11.7 Å². The molecule has 2 heterocycles. The van der Waals surface area contributed by atoms with Crippen molar-refractivity contribution in [2.45, 2.75) is 26.3 Å². The summed E-state index contributed by atoms with van der Waals surface area (Å²) >= 11 is 5.99. The van der Waals surface area contributed by atoms with Crippen LogP contribution in [0.15, 0.2) is 48.5 Å². The molecule has 158 valence electrons. The summed E-state index contributed by atoms with van der Waals surface area (Å²) in [7, 11) is 0. The molecule has 0 spiro atoms. The minimum atomic E-state index is -0.334. The quantitative estimate of drug-likeness (QED) is 0.577. The molecule has 1 N–H and O–H groups in total. The number of H-pyrrole nitrogens is 1. The average Bonchev–Trinajstić information content (AvgIpc) is 3.19. The summed E-state index contributed by atoms with van der Waals surface area (Å²) in [5.74, 6) is 0.0266. The number of rotatable bonds is 6. The lowest BCUT2D eigenvalue weighted by Crippen LogP contribution is -2.42. The Kier molecular flexibility index (Phi) is 6.40. The van der Waals surface area contributed by atoms with E-state index >= 15 is 0 Å². The van der Waals surface area contributed by atoms with E-state index < -0.39 is 0 Å². The van der Waals surface area contributed by atoms with Crippen LogP contribution in [0.4, 0.5) is 4.39 Å². The standard InChI is InChI=1S/C24H27ClFN3O/c1-2-29(24(30)22-13-19-6-3-7-21(26)23(19)27-22)16-18-5-4-12-28(15-18)14-17-8-10-20(25)11-9-17/h3,6-11,13,18,27H,2,4-5,12,14-16H2,1H3. The van der Waals surface area contributed by atoms with E-state index in [1.54, 1.807) is 12.1 Å². The fraction of sp³-hybridized carbons (Fsp3) is 0.375. The van der Waals surface area contributed by atoms with E-state index in [4.69, 9.17) is 11.6 Å². The van der Waals surface area contributed by atoms with Gasteiger partial charge in [-0.3, -0.25) is 9.69 Å². The monoisotopic (exact) mass is 427 g/mol. The number of carbonyl (C=O) groups is 1. The molecule has 1 saturated heterocycles. The Morgan fingerprint density at radius 2 is 2.07 bits per heavy atom. The Morgan fingerprint density at radius 3 is 2.80 bits per heavy atom. The molecule has 6 heteroatoms. The lowest BCUT2D eigenvalue weighted by Gasteiger charge is -2.35. The number of piperidine rings is 1. The minimum Gasteiger partial charge on any atom is -0.348 e. The van der Waals surface area contributed by atoms with Crippen LogP contribution in [-0.2, 0) is 6.54 Å². The fourth-order valence-corrected chi connectivity index (χ4v) is 4.49. The number of hydrogen-bond donors (Lipinski definition) is 1. The zero-order valence-corrected chi connectivity index (χ0v) is 18.0. The van der Waals surface area contributed by atoms with Crippen molar-refractivity contribution < 1.29 is 9.18 Å². The van der Waals surface area contributed by atoms with E-state index in [0.717, 1.165) is 42.9 Å². The van der Waals surface area contributed by atoms with Crippen molar-refractivity contribution in [3.8, 4) is 0 Å². The summed E-state index contributed by atoms with van der Waals surface area (Å²) in [5, 5.41) is 1.48. The Hall–Kier alpha value is -2.37. The number of carbonyl (C=O) groups excluding carboxylic acids is 1. The van der Waals surface area contributed by atoms with Crippen molar-refractivity contribution in [1.82, 2.24) is 14.8 Å². The third-order valence-corrected chi connectivity index (χ3v) is 6.16. The van der Waals surface area contributed by atoms with Crippen molar-refractivity contribution in [3.63, 3.8) is 0 Å². The van der Waals surface area contributed by atoms with Crippen molar-refractivity contribution in [2.75, 3.05) is 26.2 Å². The summed E-state index contributed by atoms with van der Waals surface area (Å²) in [4.78, 5) is 20.4. The van der Waals surface area contributed by atoms with Gasteiger partial charge in [-0.25, -0.2) is 4.39 Å². The van der Waals surface area contributed by atoms with Gasteiger partial charge in [0.25, 0.3) is 5.91 Å². The first-order chi connectivity index (χ1) is 14.5. The number of hydrogen-bond acceptors (Lipinski definition) is 2. The van der Waals surface area contributed by atoms with Gasteiger partial charge in [0, 0.05) is 36.6 Å². The number of para-hydroxylation sites is 1. The van der Waals surface area contributed by atoms with Crippen LogP contribution in [0.3, 0.4) is 0 Å². The first kappa shape index (κ1) is 20.9. The first-order valence-corrected chi connectivity index (χ1v) is 10.9. The molecule has 0 radical (unpaired) electrons. The van der Waals surface area contributed by atoms with Crippen LogP contribution < -0.4 is 0 Å². The second kappa shape index (κ2) is 9.19. The molecule has 0 bridgehead atoms. The SMILES string of the molecule is CCN(CC1CCCN(Cc2ccc(Cl)cc2)C1)C(=O)c1cc2cccc(F)c2[nH]1. The smallest absolute Gasteiger partial charge is 0.270 e. The van der Waals surface area contributed by atoms with Crippen LogP contribution in [0.1, 0.15) is 35.8 Å². The molecule has 1 unspecified atom stereocenters. The molecule has 1 atom stereocenters. The van der Waals surface area contributed by atoms with Gasteiger partial charge in [0.15, 0.2) is 0 Å². The Bertz CT molecular complexity index is 1020. The van der Waals surface area contributed by atoms with Gasteiger partial charge < -0.3 is 9.88 Å². The fourth-order valence-electron chi connectivity index (χ4n) is 4.36. The molecule has 1 aromatic heterocycles. The summed E-state index contributed by atoms with van der Waals surface area (Å²) < 4.78 is 14.0. The number of aromatic amines is 1. The van der Waals surface area contributed by atoms with Crippen LogP contribution >= 0.6 is 11.6 Å². The average molecular weight is 428 g/mol. The zero-order chi connectivity index (χ0) is 21.1. The van der Waals surface area contributed by atoms with Gasteiger partial charge in [0.2, 0.25) is 0 Å². The minimum absolute atomic E-state index is 0.0667. The number of halogens is 2. The predicted octanol–water partition coefficient (Wildman–Crippen LogP) is 5.33. The van der Waals surface area contributed by atoms with Crippen molar-refractivity contribution in [2.24, 2.45) is 5.92 Å². The topological polar surface area (TPSA) is 39.3 Å². The number of aromatic nitrogens is 1. The molecular formula is C24H27ClFN3O. The van der Waals surface area contributed by atoms with Gasteiger partial charge in [0.1, 0.15) is 11.5 Å². The number of fused-ring (bicyclic) bond motifs is 1. The van der Waals surface area contributed by atoms with Crippen LogP contribution in [-0.4, -0.2) is 46.9 Å². The van der Waals surface area contributed by atoms with E-state index in [9.17, 15) is 9.18 Å². The number of nitrogens with one attached hydrogen (secondary N) is 1.